The van der Waals surface area contributed by atoms with Crippen LogP contribution in [0.4, 0.5) is 0 Å². The van der Waals surface area contributed by atoms with Crippen LogP contribution < -0.4 is 21.4 Å². The van der Waals surface area contributed by atoms with Gasteiger partial charge in [-0.1, -0.05) is 22.6 Å². The minimum absolute atomic E-state index is 0.347. The summed E-state index contributed by atoms with van der Waals surface area (Å²) >= 11 is 2.56. The lowest BCUT2D eigenvalue weighted by Crippen LogP contribution is -2.56. The van der Waals surface area contributed by atoms with Gasteiger partial charge in [-0.2, -0.15) is 5.48 Å². The minimum Gasteiger partial charge on any atom is -0.313 e. The van der Waals surface area contributed by atoms with E-state index in [-0.39, 0.29) is 0 Å². The first-order valence-corrected chi connectivity index (χ1v) is 9.71. The van der Waals surface area contributed by atoms with Crippen molar-refractivity contribution < 1.29 is 4.84 Å². The molecular formula is C15H29IN4O. The lowest BCUT2D eigenvalue weighted by atomic mass is 9.77. The molecule has 21 heavy (non-hydrogen) atoms. The molecule has 1 saturated carbocycles. The van der Waals surface area contributed by atoms with Gasteiger partial charge in [0.2, 0.25) is 0 Å². The highest BCUT2D eigenvalue weighted by Crippen LogP contribution is 2.36. The van der Waals surface area contributed by atoms with Crippen LogP contribution in [0.3, 0.4) is 0 Å². The molecule has 0 aromatic heterocycles. The fraction of sp³-hybridized carbons (Fsp3) is 1.00. The molecule has 2 saturated heterocycles. The second-order valence-electron chi connectivity index (χ2n) is 6.81. The van der Waals surface area contributed by atoms with Crippen molar-refractivity contribution >= 4 is 22.6 Å². The zero-order chi connectivity index (χ0) is 14.7. The second-order valence-corrected chi connectivity index (χ2v) is 8.25. The van der Waals surface area contributed by atoms with E-state index < -0.39 is 0 Å². The predicted octanol–water partition coefficient (Wildman–Crippen LogP) is 0.997. The number of hydrogen-bond acceptors (Lipinski definition) is 5. The van der Waals surface area contributed by atoms with Gasteiger partial charge in [0.1, 0.15) is 0 Å². The van der Waals surface area contributed by atoms with Crippen LogP contribution in [0.2, 0.25) is 0 Å². The van der Waals surface area contributed by atoms with Crippen molar-refractivity contribution in [1.29, 1.82) is 0 Å². The topological polar surface area (TPSA) is 57.4 Å². The summed E-state index contributed by atoms with van der Waals surface area (Å²) in [5.74, 6) is 1.64. The summed E-state index contributed by atoms with van der Waals surface area (Å²) in [6.07, 6.45) is 6.20. The Labute approximate surface area is 141 Å². The lowest BCUT2D eigenvalue weighted by molar-refractivity contribution is 0.0275. The fourth-order valence-corrected chi connectivity index (χ4v) is 4.70. The molecule has 0 bridgehead atoms. The van der Waals surface area contributed by atoms with Crippen molar-refractivity contribution in [3.63, 3.8) is 0 Å². The maximum absolute atomic E-state index is 5.60. The van der Waals surface area contributed by atoms with E-state index in [4.69, 9.17) is 4.84 Å². The van der Waals surface area contributed by atoms with E-state index in [9.17, 15) is 0 Å². The summed E-state index contributed by atoms with van der Waals surface area (Å²) < 4.78 is 0.611. The monoisotopic (exact) mass is 408 g/mol. The molecule has 2 heterocycles. The average molecular weight is 408 g/mol. The van der Waals surface area contributed by atoms with Crippen LogP contribution >= 0.6 is 22.6 Å². The maximum Gasteiger partial charge on any atom is 0.0895 e. The molecule has 3 aliphatic rings. The van der Waals surface area contributed by atoms with Crippen molar-refractivity contribution in [3.8, 4) is 0 Å². The van der Waals surface area contributed by atoms with E-state index in [1.807, 2.05) is 0 Å². The first-order chi connectivity index (χ1) is 10.2. The Morgan fingerprint density at radius 2 is 2.00 bits per heavy atom. The fourth-order valence-electron chi connectivity index (χ4n) is 3.82. The third-order valence-corrected chi connectivity index (χ3v) is 7.06. The molecule has 1 aliphatic carbocycles. The van der Waals surface area contributed by atoms with E-state index >= 15 is 0 Å². The van der Waals surface area contributed by atoms with Crippen molar-refractivity contribution in [3.05, 3.63) is 0 Å². The van der Waals surface area contributed by atoms with Gasteiger partial charge in [-0.15, -0.1) is 0 Å². The summed E-state index contributed by atoms with van der Waals surface area (Å²) in [5.41, 5.74) is 3.28. The number of rotatable bonds is 4. The van der Waals surface area contributed by atoms with Gasteiger partial charge in [-0.25, -0.2) is 0 Å². The Kier molecular flexibility index (Phi) is 6.15. The third kappa shape index (κ3) is 4.29. The Bertz CT molecular complexity index is 319. The highest BCUT2D eigenvalue weighted by atomic mass is 127. The average Bonchev–Trinajstić information content (AvgIpc) is 2.87. The molecule has 2 aliphatic heterocycles. The standard InChI is InChI=1S/C15H29IN4O/c1-10-14(16)15(20-21-10)12-4-2-11(3-5-12)8-19-13-9-17-6-7-18-13/h10-15,17-20H,2-9H2,1H3. The number of piperazine rings is 1. The molecule has 0 radical (unpaired) electrons. The van der Waals surface area contributed by atoms with Gasteiger partial charge in [0.25, 0.3) is 0 Å². The van der Waals surface area contributed by atoms with Gasteiger partial charge >= 0.3 is 0 Å². The molecule has 5 nitrogen and oxygen atoms in total. The van der Waals surface area contributed by atoms with Gasteiger partial charge in [0, 0.05) is 25.7 Å². The molecule has 3 fully saturated rings. The zero-order valence-corrected chi connectivity index (χ0v) is 15.1. The minimum atomic E-state index is 0.347. The number of alkyl halides is 1. The molecule has 3 rings (SSSR count). The van der Waals surface area contributed by atoms with Gasteiger partial charge in [0.15, 0.2) is 0 Å². The summed E-state index contributed by atoms with van der Waals surface area (Å²) in [4.78, 5) is 5.60. The van der Waals surface area contributed by atoms with Crippen LogP contribution in [0.25, 0.3) is 0 Å². The number of nitrogens with one attached hydrogen (secondary N) is 4. The van der Waals surface area contributed by atoms with Crippen LogP contribution in [0.15, 0.2) is 0 Å². The Morgan fingerprint density at radius 3 is 2.62 bits per heavy atom. The lowest BCUT2D eigenvalue weighted by Gasteiger charge is -2.34. The van der Waals surface area contributed by atoms with Crippen LogP contribution in [0, 0.1) is 11.8 Å². The molecule has 6 heteroatoms. The number of hydrogen-bond donors (Lipinski definition) is 4. The number of hydroxylamine groups is 1. The van der Waals surface area contributed by atoms with Crippen LogP contribution in [0.1, 0.15) is 32.6 Å². The van der Waals surface area contributed by atoms with Crippen molar-refractivity contribution in [2.75, 3.05) is 26.2 Å². The molecule has 0 aromatic carbocycles. The zero-order valence-electron chi connectivity index (χ0n) is 12.9. The normalized spacial score (nSPS) is 44.9. The molecule has 0 spiro atoms. The molecule has 0 amide bonds. The molecule has 4 atom stereocenters. The van der Waals surface area contributed by atoms with E-state index in [1.54, 1.807) is 0 Å². The van der Waals surface area contributed by atoms with E-state index in [1.165, 1.54) is 25.7 Å². The summed E-state index contributed by atoms with van der Waals surface area (Å²) in [6, 6.07) is 0.554. The molecule has 4 N–H and O–H groups in total. The van der Waals surface area contributed by atoms with Gasteiger partial charge < -0.3 is 10.6 Å². The smallest absolute Gasteiger partial charge is 0.0895 e. The van der Waals surface area contributed by atoms with E-state index in [0.717, 1.165) is 38.0 Å². The molecule has 0 aromatic rings. The molecule has 122 valence electrons. The SMILES string of the molecule is CC1ONC(C2CCC(CNC3CNCCN3)CC2)C1I. The summed E-state index contributed by atoms with van der Waals surface area (Å²) in [6.45, 7) is 6.55. The summed E-state index contributed by atoms with van der Waals surface area (Å²) in [7, 11) is 0. The largest absolute Gasteiger partial charge is 0.313 e. The van der Waals surface area contributed by atoms with Crippen molar-refractivity contribution in [1.82, 2.24) is 21.4 Å². The van der Waals surface area contributed by atoms with Crippen LogP contribution in [-0.4, -0.2) is 48.4 Å². The molecule has 4 unspecified atom stereocenters. The van der Waals surface area contributed by atoms with Crippen molar-refractivity contribution in [2.45, 2.75) is 54.8 Å². The van der Waals surface area contributed by atoms with E-state index in [0.29, 0.717) is 22.2 Å². The van der Waals surface area contributed by atoms with Gasteiger partial charge in [-0.3, -0.25) is 10.2 Å². The first-order valence-electron chi connectivity index (χ1n) is 8.47. The number of halogens is 1. The first kappa shape index (κ1) is 16.4. The Morgan fingerprint density at radius 1 is 1.19 bits per heavy atom. The van der Waals surface area contributed by atoms with Crippen LogP contribution in [0.5, 0.6) is 0 Å². The second kappa shape index (κ2) is 7.88. The van der Waals surface area contributed by atoms with Crippen LogP contribution in [-0.2, 0) is 4.84 Å². The molecular weight excluding hydrogens is 379 g/mol. The maximum atomic E-state index is 5.60. The third-order valence-electron chi connectivity index (χ3n) is 5.27. The quantitative estimate of drug-likeness (QED) is 0.413. The van der Waals surface area contributed by atoms with Gasteiger partial charge in [-0.05, 0) is 51.0 Å². The van der Waals surface area contributed by atoms with Gasteiger partial charge in [0.05, 0.1) is 16.2 Å². The van der Waals surface area contributed by atoms with Crippen molar-refractivity contribution in [2.24, 2.45) is 11.8 Å². The Hall–Kier alpha value is 0.530. The van der Waals surface area contributed by atoms with E-state index in [2.05, 4.69) is 50.9 Å². The summed E-state index contributed by atoms with van der Waals surface area (Å²) in [5, 5.41) is 10.6. The predicted molar refractivity (Wildman–Crippen MR) is 93.4 cm³/mol. The highest BCUT2D eigenvalue weighted by Gasteiger charge is 2.39. The Balaban J connectivity index is 1.37. The highest BCUT2D eigenvalue weighted by molar-refractivity contribution is 14.1.